The van der Waals surface area contributed by atoms with Gasteiger partial charge < -0.3 is 0 Å². The highest BCUT2D eigenvalue weighted by atomic mass is 32.2. The molecular formula is C24H29N3O3S. The van der Waals surface area contributed by atoms with E-state index in [1.165, 1.54) is 4.68 Å². The number of rotatable bonds is 8. The van der Waals surface area contributed by atoms with Crippen molar-refractivity contribution in [2.45, 2.75) is 51.5 Å². The van der Waals surface area contributed by atoms with E-state index in [1.54, 1.807) is 24.3 Å². The van der Waals surface area contributed by atoms with E-state index in [2.05, 4.69) is 9.82 Å². The van der Waals surface area contributed by atoms with Gasteiger partial charge in [0.15, 0.2) is 0 Å². The summed E-state index contributed by atoms with van der Waals surface area (Å²) in [7, 11) is -3.84. The molecule has 31 heavy (non-hydrogen) atoms. The van der Waals surface area contributed by atoms with Gasteiger partial charge in [-0.2, -0.15) is 5.10 Å². The van der Waals surface area contributed by atoms with E-state index in [-0.39, 0.29) is 10.8 Å². The number of nitrogens with one attached hydrogen (secondary N) is 1. The zero-order valence-electron chi connectivity index (χ0n) is 18.4. The Balaban J connectivity index is 2.05. The number of carbonyl (C=O) groups excluding carboxylic acids is 1. The van der Waals surface area contributed by atoms with Gasteiger partial charge in [-0.05, 0) is 51.0 Å². The van der Waals surface area contributed by atoms with Gasteiger partial charge in [-0.25, -0.2) is 17.8 Å². The Hall–Kier alpha value is -2.77. The van der Waals surface area contributed by atoms with Crippen LogP contribution in [0.4, 0.5) is 0 Å². The molecule has 0 aliphatic heterocycles. The van der Waals surface area contributed by atoms with Crippen LogP contribution in [0.3, 0.4) is 0 Å². The second-order valence-electron chi connectivity index (χ2n) is 7.90. The van der Waals surface area contributed by atoms with Crippen LogP contribution in [0.2, 0.25) is 0 Å². The van der Waals surface area contributed by atoms with Gasteiger partial charge in [0, 0.05) is 5.69 Å². The van der Waals surface area contributed by atoms with Crippen LogP contribution in [-0.2, 0) is 10.0 Å². The predicted octanol–water partition coefficient (Wildman–Crippen LogP) is 4.58. The molecule has 6 nitrogen and oxygen atoms in total. The minimum absolute atomic E-state index is 0.174. The lowest BCUT2D eigenvalue weighted by molar-refractivity contribution is 0.0778. The maximum Gasteiger partial charge on any atom is 0.252 e. The van der Waals surface area contributed by atoms with E-state index in [9.17, 15) is 13.2 Å². The lowest BCUT2D eigenvalue weighted by Crippen LogP contribution is -2.39. The first-order chi connectivity index (χ1) is 14.7. The van der Waals surface area contributed by atoms with Crippen LogP contribution in [0.15, 0.2) is 65.6 Å². The van der Waals surface area contributed by atoms with Gasteiger partial charge in [-0.3, -0.25) is 4.79 Å². The molecule has 0 aliphatic carbocycles. The molecule has 0 radical (unpaired) electrons. The Morgan fingerprint density at radius 3 is 2.23 bits per heavy atom. The normalized spacial score (nSPS) is 13.7. The van der Waals surface area contributed by atoms with Gasteiger partial charge >= 0.3 is 0 Å². The molecule has 2 aromatic carbocycles. The van der Waals surface area contributed by atoms with Gasteiger partial charge in [-0.1, -0.05) is 61.4 Å². The third-order valence-electron chi connectivity index (χ3n) is 5.31. The Morgan fingerprint density at radius 1 is 1.03 bits per heavy atom. The molecule has 3 aromatic rings. The van der Waals surface area contributed by atoms with E-state index in [0.717, 1.165) is 28.9 Å². The lowest BCUT2D eigenvalue weighted by Gasteiger charge is -2.27. The monoisotopic (exact) mass is 439 g/mol. The molecule has 0 bridgehead atoms. The Bertz CT molecular complexity index is 1140. The molecule has 0 amide bonds. The molecule has 0 spiro atoms. The number of carbonyl (C=O) groups is 1. The van der Waals surface area contributed by atoms with Crippen molar-refractivity contribution in [3.63, 3.8) is 0 Å². The highest BCUT2D eigenvalue weighted by Crippen LogP contribution is 2.30. The summed E-state index contributed by atoms with van der Waals surface area (Å²) in [4.78, 5) is 13.7. The maximum atomic E-state index is 13.5. The first-order valence-corrected chi connectivity index (χ1v) is 11.9. The predicted molar refractivity (Wildman–Crippen MR) is 121 cm³/mol. The average Bonchev–Trinajstić information content (AvgIpc) is 3.09. The molecule has 7 heteroatoms. The quantitative estimate of drug-likeness (QED) is 0.557. The molecule has 3 rings (SSSR count). The summed E-state index contributed by atoms with van der Waals surface area (Å²) >= 11 is 0. The fourth-order valence-corrected chi connectivity index (χ4v) is 5.01. The molecule has 1 N–H and O–H groups in total. The van der Waals surface area contributed by atoms with Crippen LogP contribution >= 0.6 is 0 Å². The van der Waals surface area contributed by atoms with Crippen molar-refractivity contribution in [2.24, 2.45) is 5.92 Å². The summed E-state index contributed by atoms with van der Waals surface area (Å²) < 4.78 is 30.7. The molecular weight excluding hydrogens is 410 g/mol. The highest BCUT2D eigenvalue weighted by Gasteiger charge is 2.34. The van der Waals surface area contributed by atoms with Crippen molar-refractivity contribution in [1.82, 2.24) is 14.5 Å². The number of aromatic nitrogens is 2. The molecule has 2 atom stereocenters. The van der Waals surface area contributed by atoms with E-state index < -0.39 is 22.0 Å². The standard InChI is InChI=1S/C24H29N3O3S/c1-5-9-22(24(28)27-19(4)16-18(3)25-27)23(20-10-7-6-8-11-20)26-31(29,30)21-14-12-17(2)13-15-21/h6-8,10-16,22-23,26H,5,9H2,1-4H3/t22-,23+/m1/s1. The molecule has 0 saturated carbocycles. The molecule has 0 unspecified atom stereocenters. The van der Waals surface area contributed by atoms with Crippen molar-refractivity contribution in [3.05, 3.63) is 83.2 Å². The smallest absolute Gasteiger partial charge is 0.252 e. The van der Waals surface area contributed by atoms with Crippen LogP contribution in [-0.4, -0.2) is 24.1 Å². The Morgan fingerprint density at radius 2 is 1.68 bits per heavy atom. The largest absolute Gasteiger partial charge is 0.272 e. The number of nitrogens with zero attached hydrogens (tertiary/aromatic N) is 2. The number of benzene rings is 2. The van der Waals surface area contributed by atoms with Gasteiger partial charge in [0.25, 0.3) is 5.91 Å². The van der Waals surface area contributed by atoms with Crippen molar-refractivity contribution in [1.29, 1.82) is 0 Å². The minimum atomic E-state index is -3.84. The highest BCUT2D eigenvalue weighted by molar-refractivity contribution is 7.89. The van der Waals surface area contributed by atoms with Crippen molar-refractivity contribution in [3.8, 4) is 0 Å². The van der Waals surface area contributed by atoms with E-state index in [1.807, 2.05) is 64.1 Å². The van der Waals surface area contributed by atoms with Crippen molar-refractivity contribution < 1.29 is 13.2 Å². The maximum absolute atomic E-state index is 13.5. The zero-order chi connectivity index (χ0) is 22.6. The molecule has 164 valence electrons. The third-order valence-corrected chi connectivity index (χ3v) is 6.77. The molecule has 1 aromatic heterocycles. The van der Waals surface area contributed by atoms with E-state index >= 15 is 0 Å². The molecule has 0 aliphatic rings. The van der Waals surface area contributed by atoms with Gasteiger partial charge in [0.2, 0.25) is 10.0 Å². The summed E-state index contributed by atoms with van der Waals surface area (Å²) in [6.45, 7) is 7.55. The molecule has 0 fully saturated rings. The topological polar surface area (TPSA) is 81.1 Å². The number of hydrogen-bond acceptors (Lipinski definition) is 4. The minimum Gasteiger partial charge on any atom is -0.272 e. The van der Waals surface area contributed by atoms with Crippen LogP contribution in [0.1, 0.15) is 53.1 Å². The first-order valence-electron chi connectivity index (χ1n) is 10.4. The summed E-state index contributed by atoms with van der Waals surface area (Å²) in [6, 6.07) is 17.1. The summed E-state index contributed by atoms with van der Waals surface area (Å²) in [6.07, 6.45) is 1.25. The third kappa shape index (κ3) is 5.29. The second kappa shape index (κ2) is 9.58. The second-order valence-corrected chi connectivity index (χ2v) is 9.61. The van der Waals surface area contributed by atoms with E-state index in [4.69, 9.17) is 0 Å². The first kappa shape index (κ1) is 22.9. The Kier molecular flexibility index (Phi) is 7.08. The van der Waals surface area contributed by atoms with Crippen LogP contribution < -0.4 is 4.72 Å². The van der Waals surface area contributed by atoms with Crippen molar-refractivity contribution in [2.75, 3.05) is 0 Å². The summed E-state index contributed by atoms with van der Waals surface area (Å²) in [5.74, 6) is -0.821. The van der Waals surface area contributed by atoms with E-state index in [0.29, 0.717) is 6.42 Å². The molecule has 0 saturated heterocycles. The Labute approximate surface area is 184 Å². The summed E-state index contributed by atoms with van der Waals surface area (Å²) in [5.41, 5.74) is 3.20. The fourth-order valence-electron chi connectivity index (χ4n) is 3.75. The number of hydrogen-bond donors (Lipinski definition) is 1. The fraction of sp³-hybridized carbons (Fsp3) is 0.333. The van der Waals surface area contributed by atoms with Crippen molar-refractivity contribution >= 4 is 15.9 Å². The number of aryl methyl sites for hydroxylation is 3. The van der Waals surface area contributed by atoms with Crippen LogP contribution in [0.5, 0.6) is 0 Å². The SMILES string of the molecule is CCC[C@@H](C(=O)n1nc(C)cc1C)[C@@H](NS(=O)(=O)c1ccc(C)cc1)c1ccccc1. The van der Waals surface area contributed by atoms with Crippen LogP contribution in [0.25, 0.3) is 0 Å². The van der Waals surface area contributed by atoms with Gasteiger partial charge in [0.1, 0.15) is 0 Å². The lowest BCUT2D eigenvalue weighted by atomic mass is 9.89. The number of sulfonamides is 1. The van der Waals surface area contributed by atoms with Crippen LogP contribution in [0, 0.1) is 26.7 Å². The summed E-state index contributed by atoms with van der Waals surface area (Å²) in [5, 5.41) is 4.34. The average molecular weight is 440 g/mol. The molecule has 1 heterocycles. The zero-order valence-corrected chi connectivity index (χ0v) is 19.2. The van der Waals surface area contributed by atoms with Gasteiger partial charge in [0.05, 0.1) is 22.5 Å². The van der Waals surface area contributed by atoms with Gasteiger partial charge in [-0.15, -0.1) is 0 Å².